The second kappa shape index (κ2) is 15.6. The average molecular weight is 616 g/mol. The number of hydrogen-bond acceptors (Lipinski definition) is 8. The van der Waals surface area contributed by atoms with Crippen LogP contribution in [-0.4, -0.2) is 77.4 Å². The van der Waals surface area contributed by atoms with Crippen molar-refractivity contribution in [1.29, 1.82) is 0 Å². The van der Waals surface area contributed by atoms with Gasteiger partial charge < -0.3 is 29.8 Å². The van der Waals surface area contributed by atoms with Gasteiger partial charge in [-0.2, -0.15) is 0 Å². The van der Waals surface area contributed by atoms with E-state index in [2.05, 4.69) is 24.8 Å². The van der Waals surface area contributed by atoms with E-state index in [-0.39, 0.29) is 25.1 Å². The maximum absolute atomic E-state index is 12.3. The molecule has 3 heterocycles. The first-order chi connectivity index (χ1) is 20.1. The average Bonchev–Trinajstić information content (AvgIpc) is 3.39. The number of fused-ring (bicyclic) bond motifs is 1. The molecule has 2 aromatic carbocycles. The van der Waals surface area contributed by atoms with Crippen molar-refractivity contribution in [3.63, 3.8) is 0 Å². The third-order valence-corrected chi connectivity index (χ3v) is 7.32. The summed E-state index contributed by atoms with van der Waals surface area (Å²) in [6.45, 7) is 4.76. The molecule has 42 heavy (non-hydrogen) atoms. The molecule has 5 rings (SSSR count). The van der Waals surface area contributed by atoms with E-state index in [9.17, 15) is 4.79 Å². The van der Waals surface area contributed by atoms with Crippen molar-refractivity contribution in [1.82, 2.24) is 24.8 Å². The molecule has 0 saturated carbocycles. The Bertz CT molecular complexity index is 1410. The lowest BCUT2D eigenvalue weighted by Crippen LogP contribution is -2.41. The largest absolute Gasteiger partial charge is 0.457 e. The summed E-state index contributed by atoms with van der Waals surface area (Å²) in [5.74, 6) is 2.34. The van der Waals surface area contributed by atoms with E-state index < -0.39 is 6.09 Å². The lowest BCUT2D eigenvalue weighted by atomic mass is 10.1. The van der Waals surface area contributed by atoms with Gasteiger partial charge in [0, 0.05) is 56.3 Å². The fraction of sp³-hybridized carbons (Fsp3) is 0.367. The lowest BCUT2D eigenvalue weighted by Gasteiger charge is -2.26. The number of amides is 1. The highest BCUT2D eigenvalue weighted by atomic mass is 35.5. The number of benzene rings is 2. The molecule has 1 aliphatic heterocycles. The maximum atomic E-state index is 12.3. The molecule has 4 aromatic rings. The van der Waals surface area contributed by atoms with Crippen molar-refractivity contribution < 1.29 is 19.0 Å². The highest BCUT2D eigenvalue weighted by molar-refractivity contribution is 6.17. The fourth-order valence-corrected chi connectivity index (χ4v) is 5.21. The van der Waals surface area contributed by atoms with Crippen molar-refractivity contribution in [2.75, 3.05) is 57.6 Å². The van der Waals surface area contributed by atoms with Gasteiger partial charge in [-0.1, -0.05) is 30.3 Å². The van der Waals surface area contributed by atoms with Crippen LogP contribution in [-0.2, 0) is 9.47 Å². The van der Waals surface area contributed by atoms with Crippen molar-refractivity contribution in [2.45, 2.75) is 18.9 Å². The van der Waals surface area contributed by atoms with Gasteiger partial charge >= 0.3 is 6.09 Å². The van der Waals surface area contributed by atoms with Crippen molar-refractivity contribution >= 4 is 47.0 Å². The summed E-state index contributed by atoms with van der Waals surface area (Å²) in [5, 5.41) is 3.60. The molecule has 0 radical (unpaired) electrons. The number of hydrogen-bond donors (Lipinski definition) is 2. The van der Waals surface area contributed by atoms with E-state index in [0.29, 0.717) is 36.7 Å². The monoisotopic (exact) mass is 614 g/mol. The minimum Gasteiger partial charge on any atom is -0.457 e. The van der Waals surface area contributed by atoms with Crippen LogP contribution in [0.25, 0.3) is 22.2 Å². The van der Waals surface area contributed by atoms with Crippen LogP contribution in [0.5, 0.6) is 11.5 Å². The van der Waals surface area contributed by atoms with Crippen LogP contribution in [0.15, 0.2) is 67.1 Å². The number of para-hydroxylation sites is 1. The quantitative estimate of drug-likeness (QED) is 0.201. The van der Waals surface area contributed by atoms with Gasteiger partial charge in [-0.3, -0.25) is 4.90 Å². The number of ether oxygens (including phenoxy) is 3. The summed E-state index contributed by atoms with van der Waals surface area (Å²) in [7, 11) is 0. The predicted molar refractivity (Wildman–Crippen MR) is 167 cm³/mol. The van der Waals surface area contributed by atoms with E-state index >= 15 is 0 Å². The molecule has 224 valence electrons. The van der Waals surface area contributed by atoms with Gasteiger partial charge in [0.05, 0.1) is 25.2 Å². The minimum absolute atomic E-state index is 0. The summed E-state index contributed by atoms with van der Waals surface area (Å²) in [5.41, 5.74) is 8.92. The summed E-state index contributed by atoms with van der Waals surface area (Å²) >= 11 is 6.20. The molecule has 10 nitrogen and oxygen atoms in total. The standard InChI is InChI=1S/C30H35ClN6O4.ClH/c31-12-10-23(11-17-40-30(38)33-13-14-36-15-18-39-19-16-36)37-20-26(27-28(32)34-21-35-29(27)37)22-6-8-25(9-7-22)41-24-4-2-1-3-5-24;/h1-9,20-21,23H,10-19H2,(H,33,38)(H2,32,34,35);1H. The van der Waals surface area contributed by atoms with Gasteiger partial charge in [0.1, 0.15) is 29.3 Å². The molecular formula is C30H36Cl2N6O4. The number of carbonyl (C=O) groups is 1. The van der Waals surface area contributed by atoms with Crippen LogP contribution < -0.4 is 15.8 Å². The minimum atomic E-state index is -0.426. The van der Waals surface area contributed by atoms with E-state index in [1.54, 1.807) is 0 Å². The van der Waals surface area contributed by atoms with Crippen molar-refractivity contribution in [3.8, 4) is 22.6 Å². The number of morpholine rings is 1. The first-order valence-electron chi connectivity index (χ1n) is 13.8. The van der Waals surface area contributed by atoms with Gasteiger partial charge in [-0.15, -0.1) is 24.0 Å². The van der Waals surface area contributed by atoms with Crippen LogP contribution >= 0.6 is 24.0 Å². The maximum Gasteiger partial charge on any atom is 0.407 e. The first kappa shape index (κ1) is 31.4. The smallest absolute Gasteiger partial charge is 0.407 e. The number of nitrogens with zero attached hydrogens (tertiary/aromatic N) is 4. The second-order valence-corrected chi connectivity index (χ2v) is 10.2. The SMILES string of the molecule is Cl.Nc1ncnc2c1c(-c1ccc(Oc3ccccc3)cc1)cn2C(CCCl)CCOC(=O)NCCN1CCOCC1. The Morgan fingerprint density at radius 2 is 1.79 bits per heavy atom. The zero-order valence-electron chi connectivity index (χ0n) is 23.3. The Morgan fingerprint density at radius 1 is 1.05 bits per heavy atom. The van der Waals surface area contributed by atoms with E-state index in [1.807, 2.05) is 60.8 Å². The van der Waals surface area contributed by atoms with Crippen LogP contribution in [0, 0.1) is 0 Å². The number of nitrogens with two attached hydrogens (primary N) is 1. The van der Waals surface area contributed by atoms with E-state index in [1.165, 1.54) is 6.33 Å². The third kappa shape index (κ3) is 8.04. The van der Waals surface area contributed by atoms with Gasteiger partial charge in [0.15, 0.2) is 0 Å². The van der Waals surface area contributed by atoms with Crippen LogP contribution in [0.3, 0.4) is 0 Å². The van der Waals surface area contributed by atoms with Crippen LogP contribution in [0.1, 0.15) is 18.9 Å². The number of anilines is 1. The van der Waals surface area contributed by atoms with Crippen LogP contribution in [0.4, 0.5) is 10.6 Å². The molecular weight excluding hydrogens is 579 g/mol. The van der Waals surface area contributed by atoms with Gasteiger partial charge in [-0.05, 0) is 36.2 Å². The van der Waals surface area contributed by atoms with Gasteiger partial charge in [0.25, 0.3) is 0 Å². The predicted octanol–water partition coefficient (Wildman–Crippen LogP) is 5.51. The first-order valence-corrected chi connectivity index (χ1v) is 14.4. The summed E-state index contributed by atoms with van der Waals surface area (Å²) < 4.78 is 18.9. The number of alkyl halides is 1. The molecule has 1 amide bonds. The Balaban J connectivity index is 0.00000405. The number of nitrogen functional groups attached to an aromatic ring is 1. The summed E-state index contributed by atoms with van der Waals surface area (Å²) in [6, 6.07) is 17.4. The number of aromatic nitrogens is 3. The van der Waals surface area contributed by atoms with Crippen LogP contribution in [0.2, 0.25) is 0 Å². The number of halogens is 2. The zero-order valence-corrected chi connectivity index (χ0v) is 24.9. The molecule has 1 saturated heterocycles. The van der Waals surface area contributed by atoms with Crippen molar-refractivity contribution in [2.24, 2.45) is 0 Å². The Kier molecular flexibility index (Phi) is 11.7. The van der Waals surface area contributed by atoms with E-state index in [0.717, 1.165) is 60.9 Å². The normalized spacial score (nSPS) is 14.2. The van der Waals surface area contributed by atoms with E-state index in [4.69, 9.17) is 31.5 Å². The number of nitrogens with one attached hydrogen (secondary N) is 1. The highest BCUT2D eigenvalue weighted by Crippen LogP contribution is 2.36. The molecule has 1 aliphatic rings. The zero-order chi connectivity index (χ0) is 28.4. The topological polar surface area (TPSA) is 117 Å². The second-order valence-electron chi connectivity index (χ2n) is 9.78. The summed E-state index contributed by atoms with van der Waals surface area (Å²) in [4.78, 5) is 23.4. The van der Waals surface area contributed by atoms with Gasteiger partial charge in [-0.25, -0.2) is 14.8 Å². The Hall–Kier alpha value is -3.57. The Morgan fingerprint density at radius 3 is 2.52 bits per heavy atom. The lowest BCUT2D eigenvalue weighted by molar-refractivity contribution is 0.0382. The molecule has 0 aliphatic carbocycles. The molecule has 12 heteroatoms. The number of alkyl carbamates (subject to hydrolysis) is 1. The molecule has 0 bridgehead atoms. The molecule has 2 aromatic heterocycles. The molecule has 1 unspecified atom stereocenters. The number of carbonyl (C=O) groups excluding carboxylic acids is 1. The van der Waals surface area contributed by atoms with Gasteiger partial charge in [0.2, 0.25) is 0 Å². The molecule has 1 fully saturated rings. The summed E-state index contributed by atoms with van der Waals surface area (Å²) in [6.07, 6.45) is 4.30. The highest BCUT2D eigenvalue weighted by Gasteiger charge is 2.21. The van der Waals surface area contributed by atoms with Crippen molar-refractivity contribution in [3.05, 3.63) is 67.1 Å². The Labute approximate surface area is 256 Å². The molecule has 0 spiro atoms. The molecule has 1 atom stereocenters. The number of rotatable bonds is 12. The fourth-order valence-electron chi connectivity index (χ4n) is 4.96. The molecule has 3 N–H and O–H groups in total. The third-order valence-electron chi connectivity index (χ3n) is 7.10.